The molecule has 0 spiro atoms. The van der Waals surface area contributed by atoms with Crippen LogP contribution < -0.4 is 5.73 Å². The van der Waals surface area contributed by atoms with Gasteiger partial charge in [0.05, 0.1) is 6.54 Å². The lowest BCUT2D eigenvalue weighted by Gasteiger charge is -2.09. The molecular weight excluding hydrogens is 164 g/mol. The van der Waals surface area contributed by atoms with Crippen LogP contribution in [0.4, 0.5) is 8.78 Å². The Kier molecular flexibility index (Phi) is 2.42. The number of aryl methyl sites for hydroxylation is 1. The molecule has 12 heavy (non-hydrogen) atoms. The molecule has 0 unspecified atom stereocenters. The summed E-state index contributed by atoms with van der Waals surface area (Å²) in [6, 6.07) is 1.29. The van der Waals surface area contributed by atoms with Crippen LogP contribution in [-0.2, 0) is 12.5 Å². The van der Waals surface area contributed by atoms with Gasteiger partial charge in [-0.2, -0.15) is 13.9 Å². The average Bonchev–Trinajstić information content (AvgIpc) is 2.52. The van der Waals surface area contributed by atoms with Gasteiger partial charge in [0.1, 0.15) is 5.69 Å². The second kappa shape index (κ2) is 3.18. The Morgan fingerprint density at radius 2 is 2.33 bits per heavy atom. The minimum atomic E-state index is -3.00. The molecule has 0 amide bonds. The summed E-state index contributed by atoms with van der Waals surface area (Å²) >= 11 is 0. The van der Waals surface area contributed by atoms with Gasteiger partial charge < -0.3 is 5.73 Å². The zero-order chi connectivity index (χ0) is 9.19. The Hall–Kier alpha value is -0.970. The van der Waals surface area contributed by atoms with Crippen molar-refractivity contribution in [3.8, 4) is 0 Å². The number of nitrogens with zero attached hydrogens (tertiary/aromatic N) is 2. The van der Waals surface area contributed by atoms with Gasteiger partial charge in [-0.05, 0) is 13.0 Å². The van der Waals surface area contributed by atoms with Gasteiger partial charge in [0.15, 0.2) is 0 Å². The summed E-state index contributed by atoms with van der Waals surface area (Å²) in [6.45, 7) is 1.71. The van der Waals surface area contributed by atoms with E-state index in [1.54, 1.807) is 0 Å². The molecule has 0 bridgehead atoms. The highest BCUT2D eigenvalue weighted by Crippen LogP contribution is 2.24. The van der Waals surface area contributed by atoms with Crippen molar-refractivity contribution in [2.75, 3.05) is 6.54 Å². The molecule has 0 radical (unpaired) electrons. The summed E-state index contributed by atoms with van der Waals surface area (Å²) in [6.07, 6.45) is 1.51. The molecule has 0 aliphatic heterocycles. The average molecular weight is 175 g/mol. The van der Waals surface area contributed by atoms with Gasteiger partial charge >= 0.3 is 5.92 Å². The van der Waals surface area contributed by atoms with Crippen molar-refractivity contribution in [1.29, 1.82) is 0 Å². The van der Waals surface area contributed by atoms with Gasteiger partial charge in [-0.3, -0.25) is 4.68 Å². The molecule has 0 aliphatic rings. The van der Waals surface area contributed by atoms with Crippen LogP contribution in [-0.4, -0.2) is 16.3 Å². The fourth-order valence-corrected chi connectivity index (χ4v) is 0.837. The largest absolute Gasteiger partial charge is 0.325 e. The van der Waals surface area contributed by atoms with Gasteiger partial charge in [0.2, 0.25) is 0 Å². The molecule has 68 valence electrons. The Balaban J connectivity index is 2.88. The summed E-state index contributed by atoms with van der Waals surface area (Å²) in [7, 11) is 0. The fraction of sp³-hybridized carbons (Fsp3) is 0.571. The third-order valence-electron chi connectivity index (χ3n) is 1.60. The van der Waals surface area contributed by atoms with E-state index in [4.69, 9.17) is 5.73 Å². The number of rotatable bonds is 3. The predicted molar refractivity (Wildman–Crippen MR) is 40.8 cm³/mol. The molecule has 0 saturated carbocycles. The maximum atomic E-state index is 12.8. The molecule has 3 nitrogen and oxygen atoms in total. The summed E-state index contributed by atoms with van der Waals surface area (Å²) in [5.74, 6) is -3.00. The molecule has 1 aromatic rings. The van der Waals surface area contributed by atoms with E-state index in [2.05, 4.69) is 5.10 Å². The maximum Gasteiger partial charge on any atom is 0.303 e. The van der Waals surface area contributed by atoms with Crippen LogP contribution >= 0.6 is 0 Å². The van der Waals surface area contributed by atoms with Crippen LogP contribution in [0.2, 0.25) is 0 Å². The molecule has 0 atom stereocenters. The van der Waals surface area contributed by atoms with Crippen LogP contribution in [0.25, 0.3) is 0 Å². The van der Waals surface area contributed by atoms with Crippen molar-refractivity contribution >= 4 is 0 Å². The fourth-order valence-electron chi connectivity index (χ4n) is 0.837. The van der Waals surface area contributed by atoms with Crippen molar-refractivity contribution in [3.05, 3.63) is 18.0 Å². The number of halogens is 2. The van der Waals surface area contributed by atoms with E-state index in [-0.39, 0.29) is 5.69 Å². The van der Waals surface area contributed by atoms with E-state index in [0.29, 0.717) is 6.54 Å². The molecule has 5 heteroatoms. The SMILES string of the molecule is CCn1ccc(C(F)(F)CN)n1. The highest BCUT2D eigenvalue weighted by molar-refractivity contribution is 5.07. The first-order chi connectivity index (χ1) is 5.60. The highest BCUT2D eigenvalue weighted by atomic mass is 19.3. The molecule has 0 saturated heterocycles. The molecule has 0 aliphatic carbocycles. The number of hydrogen-bond acceptors (Lipinski definition) is 2. The van der Waals surface area contributed by atoms with Crippen LogP contribution in [0.15, 0.2) is 12.3 Å². The Labute approximate surface area is 69.2 Å². The summed E-state index contributed by atoms with van der Waals surface area (Å²) < 4.78 is 27.1. The van der Waals surface area contributed by atoms with Gasteiger partial charge in [-0.25, -0.2) is 0 Å². The Bertz CT molecular complexity index is 257. The summed E-state index contributed by atoms with van der Waals surface area (Å²) in [5.41, 5.74) is 4.63. The first kappa shape index (κ1) is 9.12. The van der Waals surface area contributed by atoms with Gasteiger partial charge in [-0.1, -0.05) is 0 Å². The smallest absolute Gasteiger partial charge is 0.303 e. The minimum Gasteiger partial charge on any atom is -0.325 e. The van der Waals surface area contributed by atoms with Crippen LogP contribution in [0.1, 0.15) is 12.6 Å². The van der Waals surface area contributed by atoms with E-state index in [0.717, 1.165) is 0 Å². The normalized spacial score (nSPS) is 12.0. The lowest BCUT2D eigenvalue weighted by Crippen LogP contribution is -2.25. The number of alkyl halides is 2. The van der Waals surface area contributed by atoms with Gasteiger partial charge in [-0.15, -0.1) is 0 Å². The lowest BCUT2D eigenvalue weighted by atomic mass is 10.2. The molecule has 0 aromatic carbocycles. The maximum absolute atomic E-state index is 12.8. The number of nitrogens with two attached hydrogens (primary N) is 1. The second-order valence-corrected chi connectivity index (χ2v) is 2.47. The lowest BCUT2D eigenvalue weighted by molar-refractivity contribution is 0.000771. The third kappa shape index (κ3) is 1.61. The van der Waals surface area contributed by atoms with Crippen LogP contribution in [0, 0.1) is 0 Å². The third-order valence-corrected chi connectivity index (χ3v) is 1.60. The van der Waals surface area contributed by atoms with Crippen molar-refractivity contribution in [3.63, 3.8) is 0 Å². The second-order valence-electron chi connectivity index (χ2n) is 2.47. The zero-order valence-electron chi connectivity index (χ0n) is 6.80. The van der Waals surface area contributed by atoms with Crippen LogP contribution in [0.3, 0.4) is 0 Å². The number of aromatic nitrogens is 2. The molecule has 0 fully saturated rings. The van der Waals surface area contributed by atoms with E-state index in [1.807, 2.05) is 6.92 Å². The van der Waals surface area contributed by atoms with E-state index < -0.39 is 12.5 Å². The number of hydrogen-bond donors (Lipinski definition) is 1. The topological polar surface area (TPSA) is 43.8 Å². The minimum absolute atomic E-state index is 0.258. The van der Waals surface area contributed by atoms with E-state index in [1.165, 1.54) is 16.9 Å². The van der Waals surface area contributed by atoms with Gasteiger partial charge in [0.25, 0.3) is 0 Å². The molecule has 1 heterocycles. The summed E-state index contributed by atoms with van der Waals surface area (Å²) in [4.78, 5) is 0. The quantitative estimate of drug-likeness (QED) is 0.743. The molecule has 1 aromatic heterocycles. The Morgan fingerprint density at radius 1 is 1.67 bits per heavy atom. The van der Waals surface area contributed by atoms with Crippen LogP contribution in [0.5, 0.6) is 0 Å². The van der Waals surface area contributed by atoms with Crippen molar-refractivity contribution < 1.29 is 8.78 Å². The predicted octanol–water partition coefficient (Wildman–Crippen LogP) is 0.954. The molecular formula is C7H11F2N3. The zero-order valence-corrected chi connectivity index (χ0v) is 6.80. The standard InChI is InChI=1S/C7H11F2N3/c1-2-12-4-3-6(11-12)7(8,9)5-10/h3-4H,2,5,10H2,1H3. The summed E-state index contributed by atoms with van der Waals surface area (Å²) in [5, 5.41) is 3.66. The van der Waals surface area contributed by atoms with Crippen molar-refractivity contribution in [2.45, 2.75) is 19.4 Å². The van der Waals surface area contributed by atoms with E-state index in [9.17, 15) is 8.78 Å². The Morgan fingerprint density at radius 3 is 2.75 bits per heavy atom. The van der Waals surface area contributed by atoms with Crippen molar-refractivity contribution in [2.24, 2.45) is 5.73 Å². The van der Waals surface area contributed by atoms with Crippen molar-refractivity contribution in [1.82, 2.24) is 9.78 Å². The van der Waals surface area contributed by atoms with E-state index >= 15 is 0 Å². The monoisotopic (exact) mass is 175 g/mol. The highest BCUT2D eigenvalue weighted by Gasteiger charge is 2.32. The molecule has 1 rings (SSSR count). The first-order valence-corrected chi connectivity index (χ1v) is 3.72. The molecule has 2 N–H and O–H groups in total. The van der Waals surface area contributed by atoms with Gasteiger partial charge in [0, 0.05) is 12.7 Å². The first-order valence-electron chi connectivity index (χ1n) is 3.72.